The number of methoxy groups -OCH3 is 1. The highest BCUT2D eigenvalue weighted by atomic mass is 16.7. The van der Waals surface area contributed by atoms with Gasteiger partial charge in [0, 0.05) is 7.11 Å². The zero-order valence-electron chi connectivity index (χ0n) is 14.2. The first kappa shape index (κ1) is 19.9. The van der Waals surface area contributed by atoms with Crippen LogP contribution in [0.1, 0.15) is 13.8 Å². The molecule has 0 saturated carbocycles. The van der Waals surface area contributed by atoms with Gasteiger partial charge in [0.15, 0.2) is 12.6 Å². The van der Waals surface area contributed by atoms with Crippen LogP contribution in [0, 0.1) is 0 Å². The summed E-state index contributed by atoms with van der Waals surface area (Å²) in [6.45, 7) is 6.76. The van der Waals surface area contributed by atoms with Crippen molar-refractivity contribution in [3.8, 4) is 5.75 Å². The normalized spacial score (nSPS) is 13.7. The van der Waals surface area contributed by atoms with Crippen LogP contribution in [0.2, 0.25) is 0 Å². The molecule has 0 aliphatic carbocycles. The summed E-state index contributed by atoms with van der Waals surface area (Å²) < 4.78 is 32.1. The van der Waals surface area contributed by atoms with E-state index in [-0.39, 0.29) is 12.6 Å². The van der Waals surface area contributed by atoms with Crippen molar-refractivity contribution in [2.75, 3.05) is 46.8 Å². The molecule has 1 aromatic carbocycles. The maximum absolute atomic E-state index is 5.59. The molecule has 0 aliphatic rings. The molecule has 1 aromatic rings. The first-order chi connectivity index (χ1) is 11.2. The Balaban J connectivity index is 1.86. The fraction of sp³-hybridized carbons (Fsp3) is 0.647. The quantitative estimate of drug-likeness (QED) is 0.386. The molecule has 0 amide bonds. The molecule has 0 saturated heterocycles. The van der Waals surface area contributed by atoms with Crippen LogP contribution in [-0.4, -0.2) is 59.3 Å². The molecule has 0 spiro atoms. The van der Waals surface area contributed by atoms with Crippen molar-refractivity contribution in [1.29, 1.82) is 0 Å². The third-order valence-electron chi connectivity index (χ3n) is 2.91. The molecule has 0 aliphatic heterocycles. The zero-order chi connectivity index (χ0) is 16.8. The maximum atomic E-state index is 5.59. The predicted molar refractivity (Wildman–Crippen MR) is 86.5 cm³/mol. The zero-order valence-corrected chi connectivity index (χ0v) is 14.2. The van der Waals surface area contributed by atoms with Crippen molar-refractivity contribution in [2.45, 2.75) is 26.4 Å². The lowest BCUT2D eigenvalue weighted by Crippen LogP contribution is -2.20. The van der Waals surface area contributed by atoms with Crippen molar-refractivity contribution in [3.63, 3.8) is 0 Å². The Kier molecular flexibility index (Phi) is 11.5. The van der Waals surface area contributed by atoms with Gasteiger partial charge in [-0.15, -0.1) is 0 Å². The number of hydrogen-bond acceptors (Lipinski definition) is 6. The van der Waals surface area contributed by atoms with Crippen molar-refractivity contribution in [2.24, 2.45) is 0 Å². The van der Waals surface area contributed by atoms with E-state index in [0.29, 0.717) is 39.6 Å². The second-order valence-corrected chi connectivity index (χ2v) is 4.77. The van der Waals surface area contributed by atoms with Crippen molar-refractivity contribution in [3.05, 3.63) is 30.3 Å². The van der Waals surface area contributed by atoms with Crippen LogP contribution in [0.25, 0.3) is 0 Å². The van der Waals surface area contributed by atoms with Crippen LogP contribution in [0.5, 0.6) is 5.75 Å². The highest BCUT2D eigenvalue weighted by molar-refractivity contribution is 5.20. The van der Waals surface area contributed by atoms with E-state index in [1.54, 1.807) is 7.11 Å². The van der Waals surface area contributed by atoms with Crippen molar-refractivity contribution in [1.82, 2.24) is 0 Å². The summed E-state index contributed by atoms with van der Waals surface area (Å²) in [6, 6.07) is 9.58. The number of hydrogen-bond donors (Lipinski definition) is 0. The molecule has 23 heavy (non-hydrogen) atoms. The maximum Gasteiger partial charge on any atom is 0.197 e. The van der Waals surface area contributed by atoms with Crippen LogP contribution in [0.3, 0.4) is 0 Å². The van der Waals surface area contributed by atoms with Crippen LogP contribution in [0.4, 0.5) is 0 Å². The van der Waals surface area contributed by atoms with Crippen LogP contribution in [-0.2, 0) is 23.7 Å². The number of para-hydroxylation sites is 1. The Labute approximate surface area is 138 Å². The number of rotatable bonds is 14. The summed E-state index contributed by atoms with van der Waals surface area (Å²) in [4.78, 5) is 0. The molecule has 2 unspecified atom stereocenters. The molecular weight excluding hydrogens is 300 g/mol. The van der Waals surface area contributed by atoms with E-state index < -0.39 is 0 Å². The van der Waals surface area contributed by atoms with Crippen LogP contribution >= 0.6 is 0 Å². The Hall–Kier alpha value is -1.18. The lowest BCUT2D eigenvalue weighted by atomic mass is 10.3. The number of ether oxygens (including phenoxy) is 6. The van der Waals surface area contributed by atoms with Gasteiger partial charge >= 0.3 is 0 Å². The van der Waals surface area contributed by atoms with Gasteiger partial charge in [0.25, 0.3) is 0 Å². The van der Waals surface area contributed by atoms with E-state index in [4.69, 9.17) is 28.4 Å². The molecular formula is C17H28O6. The van der Waals surface area contributed by atoms with Crippen LogP contribution in [0.15, 0.2) is 30.3 Å². The smallest absolute Gasteiger partial charge is 0.197 e. The summed E-state index contributed by atoms with van der Waals surface area (Å²) >= 11 is 0. The Bertz CT molecular complexity index is 373. The Morgan fingerprint density at radius 2 is 1.26 bits per heavy atom. The Morgan fingerprint density at radius 3 is 1.83 bits per heavy atom. The van der Waals surface area contributed by atoms with E-state index in [9.17, 15) is 0 Å². The van der Waals surface area contributed by atoms with Gasteiger partial charge in [-0.1, -0.05) is 18.2 Å². The van der Waals surface area contributed by atoms with Gasteiger partial charge in [-0.3, -0.25) is 0 Å². The summed E-state index contributed by atoms with van der Waals surface area (Å²) in [6.07, 6.45) is -0.510. The molecule has 132 valence electrons. The minimum atomic E-state index is -0.308. The SMILES string of the molecule is COC(C)OCCOCCOCCOC(C)Oc1ccccc1. The fourth-order valence-corrected chi connectivity index (χ4v) is 1.66. The second-order valence-electron chi connectivity index (χ2n) is 4.77. The molecule has 0 aromatic heterocycles. The standard InChI is InChI=1S/C17H28O6/c1-15(18-3)21-13-11-19-9-10-20-12-14-22-16(2)23-17-7-5-4-6-8-17/h4-8,15-16H,9-14H2,1-3H3. The van der Waals surface area contributed by atoms with Gasteiger partial charge in [0.05, 0.1) is 39.6 Å². The predicted octanol–water partition coefficient (Wildman–Crippen LogP) is 2.47. The minimum absolute atomic E-state index is 0.202. The van der Waals surface area contributed by atoms with Gasteiger partial charge in [-0.25, -0.2) is 0 Å². The van der Waals surface area contributed by atoms with Crippen molar-refractivity contribution < 1.29 is 28.4 Å². The summed E-state index contributed by atoms with van der Waals surface area (Å²) in [5, 5.41) is 0. The van der Waals surface area contributed by atoms with Crippen molar-refractivity contribution >= 4 is 0 Å². The molecule has 2 atom stereocenters. The molecule has 0 fully saturated rings. The second kappa shape index (κ2) is 13.3. The molecule has 0 heterocycles. The van der Waals surface area contributed by atoms with Gasteiger partial charge in [0.1, 0.15) is 5.75 Å². The van der Waals surface area contributed by atoms with Crippen LogP contribution < -0.4 is 4.74 Å². The first-order valence-electron chi connectivity index (χ1n) is 7.85. The van der Waals surface area contributed by atoms with E-state index in [1.165, 1.54) is 0 Å². The molecule has 6 heteroatoms. The lowest BCUT2D eigenvalue weighted by Gasteiger charge is -2.15. The molecule has 0 N–H and O–H groups in total. The third-order valence-corrected chi connectivity index (χ3v) is 2.91. The minimum Gasteiger partial charge on any atom is -0.465 e. The highest BCUT2D eigenvalue weighted by Gasteiger charge is 2.03. The van der Waals surface area contributed by atoms with E-state index >= 15 is 0 Å². The lowest BCUT2D eigenvalue weighted by molar-refractivity contribution is -0.123. The largest absolute Gasteiger partial charge is 0.465 e. The average molecular weight is 328 g/mol. The number of benzene rings is 1. The van der Waals surface area contributed by atoms with E-state index in [1.807, 2.05) is 44.2 Å². The average Bonchev–Trinajstić information content (AvgIpc) is 2.57. The van der Waals surface area contributed by atoms with Gasteiger partial charge in [-0.05, 0) is 26.0 Å². The molecule has 0 radical (unpaired) electrons. The van der Waals surface area contributed by atoms with Gasteiger partial charge in [-0.2, -0.15) is 0 Å². The summed E-state index contributed by atoms with van der Waals surface area (Å²) in [7, 11) is 1.60. The molecule has 1 rings (SSSR count). The van der Waals surface area contributed by atoms with Gasteiger partial charge in [0.2, 0.25) is 0 Å². The van der Waals surface area contributed by atoms with Gasteiger partial charge < -0.3 is 28.4 Å². The topological polar surface area (TPSA) is 55.4 Å². The highest BCUT2D eigenvalue weighted by Crippen LogP contribution is 2.10. The molecule has 0 bridgehead atoms. The first-order valence-corrected chi connectivity index (χ1v) is 7.85. The summed E-state index contributed by atoms with van der Waals surface area (Å²) in [5.41, 5.74) is 0. The monoisotopic (exact) mass is 328 g/mol. The fourth-order valence-electron chi connectivity index (χ4n) is 1.66. The van der Waals surface area contributed by atoms with E-state index in [0.717, 1.165) is 5.75 Å². The Morgan fingerprint density at radius 1 is 0.739 bits per heavy atom. The third kappa shape index (κ3) is 11.1. The molecule has 6 nitrogen and oxygen atoms in total. The van der Waals surface area contributed by atoms with E-state index in [2.05, 4.69) is 0 Å². The summed E-state index contributed by atoms with van der Waals surface area (Å²) in [5.74, 6) is 0.791.